The number of carboxylic acids is 1. The molecule has 0 fully saturated rings. The highest BCUT2D eigenvalue weighted by molar-refractivity contribution is 7.09. The van der Waals surface area contributed by atoms with Gasteiger partial charge in [0.25, 0.3) is 5.91 Å². The maximum Gasteiger partial charge on any atom is 0.326 e. The van der Waals surface area contributed by atoms with E-state index in [1.54, 1.807) is 5.38 Å². The second kappa shape index (κ2) is 5.74. The van der Waals surface area contributed by atoms with E-state index in [-0.39, 0.29) is 11.6 Å². The highest BCUT2D eigenvalue weighted by atomic mass is 32.1. The molecule has 6 nitrogen and oxygen atoms in total. The van der Waals surface area contributed by atoms with Gasteiger partial charge in [-0.15, -0.1) is 11.3 Å². The van der Waals surface area contributed by atoms with Crippen LogP contribution in [-0.2, 0) is 11.2 Å². The first-order valence-corrected chi connectivity index (χ1v) is 5.99. The molecule has 0 aromatic carbocycles. The van der Waals surface area contributed by atoms with Crippen molar-refractivity contribution in [1.82, 2.24) is 9.88 Å². The molecule has 1 amide bonds. The first-order valence-electron chi connectivity index (χ1n) is 5.11. The zero-order valence-corrected chi connectivity index (χ0v) is 10.5. The molecule has 1 unspecified atom stereocenters. The van der Waals surface area contributed by atoms with Crippen molar-refractivity contribution in [3.63, 3.8) is 0 Å². The normalized spacial score (nSPS) is 12.2. The minimum atomic E-state index is -1.04. The average molecular weight is 257 g/mol. The van der Waals surface area contributed by atoms with Gasteiger partial charge in [-0.05, 0) is 13.5 Å². The lowest BCUT2D eigenvalue weighted by atomic mass is 10.3. The quantitative estimate of drug-likeness (QED) is 0.785. The third-order valence-corrected chi connectivity index (χ3v) is 3.30. The van der Waals surface area contributed by atoms with Crippen molar-refractivity contribution in [2.75, 3.05) is 13.6 Å². The molecule has 1 aromatic rings. The smallest absolute Gasteiger partial charge is 0.326 e. The molecule has 0 saturated heterocycles. The van der Waals surface area contributed by atoms with E-state index in [1.807, 2.05) is 0 Å². The number of rotatable bonds is 5. The molecule has 0 saturated carbocycles. The van der Waals surface area contributed by atoms with Gasteiger partial charge in [-0.25, -0.2) is 9.78 Å². The molecule has 1 aromatic heterocycles. The van der Waals surface area contributed by atoms with Gasteiger partial charge in [-0.3, -0.25) is 4.79 Å². The van der Waals surface area contributed by atoms with Crippen LogP contribution in [0, 0.1) is 0 Å². The molecule has 3 N–H and O–H groups in total. The van der Waals surface area contributed by atoms with Gasteiger partial charge in [0.1, 0.15) is 11.7 Å². The van der Waals surface area contributed by atoms with Gasteiger partial charge in [-0.2, -0.15) is 0 Å². The van der Waals surface area contributed by atoms with Crippen LogP contribution in [-0.4, -0.2) is 46.5 Å². The van der Waals surface area contributed by atoms with Crippen LogP contribution in [0.1, 0.15) is 22.4 Å². The SMILES string of the molecule is CC(C(=O)O)N(C)C(=O)c1csc(CCN)n1. The van der Waals surface area contributed by atoms with E-state index in [4.69, 9.17) is 10.8 Å². The second-order valence-electron chi connectivity index (χ2n) is 3.60. The van der Waals surface area contributed by atoms with E-state index in [2.05, 4.69) is 4.98 Å². The van der Waals surface area contributed by atoms with E-state index < -0.39 is 12.0 Å². The van der Waals surface area contributed by atoms with Crippen LogP contribution in [0.2, 0.25) is 0 Å². The van der Waals surface area contributed by atoms with E-state index in [1.165, 1.54) is 25.3 Å². The molecule has 94 valence electrons. The van der Waals surface area contributed by atoms with Crippen molar-refractivity contribution in [3.05, 3.63) is 16.1 Å². The zero-order chi connectivity index (χ0) is 13.0. The maximum absolute atomic E-state index is 11.9. The first-order chi connectivity index (χ1) is 7.97. The largest absolute Gasteiger partial charge is 0.480 e. The van der Waals surface area contributed by atoms with Gasteiger partial charge in [0, 0.05) is 18.8 Å². The van der Waals surface area contributed by atoms with Crippen molar-refractivity contribution in [3.8, 4) is 0 Å². The molecule has 0 bridgehead atoms. The van der Waals surface area contributed by atoms with Crippen LogP contribution in [0.25, 0.3) is 0 Å². The summed E-state index contributed by atoms with van der Waals surface area (Å²) < 4.78 is 0. The Morgan fingerprint density at radius 3 is 2.82 bits per heavy atom. The highest BCUT2D eigenvalue weighted by Gasteiger charge is 2.24. The molecule has 0 spiro atoms. The minimum Gasteiger partial charge on any atom is -0.480 e. The van der Waals surface area contributed by atoms with E-state index in [0.717, 1.165) is 9.91 Å². The Morgan fingerprint density at radius 2 is 2.29 bits per heavy atom. The molecular formula is C10H15N3O3S. The van der Waals surface area contributed by atoms with Crippen molar-refractivity contribution in [2.24, 2.45) is 5.73 Å². The molecule has 1 atom stereocenters. The molecule has 0 radical (unpaired) electrons. The summed E-state index contributed by atoms with van der Waals surface area (Å²) in [6.45, 7) is 1.93. The number of carbonyl (C=O) groups is 2. The monoisotopic (exact) mass is 257 g/mol. The van der Waals surface area contributed by atoms with Crippen LogP contribution in [0.3, 0.4) is 0 Å². The number of carboxylic acid groups (broad SMARTS) is 1. The van der Waals surface area contributed by atoms with Gasteiger partial charge in [0.05, 0.1) is 5.01 Å². The van der Waals surface area contributed by atoms with Gasteiger partial charge in [0.15, 0.2) is 0 Å². The first kappa shape index (κ1) is 13.6. The third kappa shape index (κ3) is 3.24. The van der Waals surface area contributed by atoms with E-state index in [0.29, 0.717) is 13.0 Å². The number of nitrogens with zero attached hydrogens (tertiary/aromatic N) is 2. The van der Waals surface area contributed by atoms with Crippen molar-refractivity contribution in [2.45, 2.75) is 19.4 Å². The lowest BCUT2D eigenvalue weighted by molar-refractivity contribution is -0.141. The lowest BCUT2D eigenvalue weighted by Gasteiger charge is -2.20. The Labute approximate surface area is 103 Å². The number of hydrogen-bond donors (Lipinski definition) is 2. The van der Waals surface area contributed by atoms with Crippen molar-refractivity contribution >= 4 is 23.2 Å². The van der Waals surface area contributed by atoms with Crippen molar-refractivity contribution in [1.29, 1.82) is 0 Å². The summed E-state index contributed by atoms with van der Waals surface area (Å²) in [6, 6.07) is -0.873. The number of nitrogens with two attached hydrogens (primary N) is 1. The second-order valence-corrected chi connectivity index (χ2v) is 4.54. The Bertz CT molecular complexity index is 419. The van der Waals surface area contributed by atoms with Crippen molar-refractivity contribution < 1.29 is 14.7 Å². The Kier molecular flexibility index (Phi) is 4.59. The molecule has 17 heavy (non-hydrogen) atoms. The van der Waals surface area contributed by atoms with Crippen LogP contribution in [0.4, 0.5) is 0 Å². The summed E-state index contributed by atoms with van der Waals surface area (Å²) in [5, 5.41) is 11.2. The fraction of sp³-hybridized carbons (Fsp3) is 0.500. The van der Waals surface area contributed by atoms with Gasteiger partial charge in [-0.1, -0.05) is 0 Å². The topological polar surface area (TPSA) is 96.5 Å². The summed E-state index contributed by atoms with van der Waals surface area (Å²) in [5.74, 6) is -1.43. The number of carbonyl (C=O) groups excluding carboxylic acids is 1. The Morgan fingerprint density at radius 1 is 1.65 bits per heavy atom. The summed E-state index contributed by atoms with van der Waals surface area (Å²) in [5.41, 5.74) is 5.66. The van der Waals surface area contributed by atoms with Crippen LogP contribution < -0.4 is 5.73 Å². The highest BCUT2D eigenvalue weighted by Crippen LogP contribution is 2.12. The Balaban J connectivity index is 2.77. The lowest BCUT2D eigenvalue weighted by Crippen LogP contribution is -2.40. The fourth-order valence-corrected chi connectivity index (χ4v) is 1.96. The molecule has 1 heterocycles. The molecule has 7 heteroatoms. The number of aromatic nitrogens is 1. The summed E-state index contributed by atoms with van der Waals surface area (Å²) in [4.78, 5) is 27.9. The summed E-state index contributed by atoms with van der Waals surface area (Å²) in [6.07, 6.45) is 0.621. The summed E-state index contributed by atoms with van der Waals surface area (Å²) >= 11 is 1.35. The number of aliphatic carboxylic acids is 1. The maximum atomic E-state index is 11.9. The van der Waals surface area contributed by atoms with E-state index >= 15 is 0 Å². The predicted octanol–water partition coefficient (Wildman–Crippen LogP) is 0.189. The fourth-order valence-electron chi connectivity index (χ4n) is 1.17. The zero-order valence-electron chi connectivity index (χ0n) is 9.71. The standard InChI is InChI=1S/C10H15N3O3S/c1-6(10(15)16)13(2)9(14)7-5-17-8(12-7)3-4-11/h5-6H,3-4,11H2,1-2H3,(H,15,16). The van der Waals surface area contributed by atoms with Gasteiger partial charge < -0.3 is 15.7 Å². The molecule has 0 aliphatic carbocycles. The Hall–Kier alpha value is -1.47. The number of likely N-dealkylation sites (N-methyl/N-ethyl adjacent to an activating group) is 1. The van der Waals surface area contributed by atoms with Gasteiger partial charge >= 0.3 is 5.97 Å². The van der Waals surface area contributed by atoms with E-state index in [9.17, 15) is 9.59 Å². The molecule has 0 aliphatic rings. The van der Waals surface area contributed by atoms with Crippen LogP contribution in [0.15, 0.2) is 5.38 Å². The minimum absolute atomic E-state index is 0.272. The summed E-state index contributed by atoms with van der Waals surface area (Å²) in [7, 11) is 1.45. The van der Waals surface area contributed by atoms with Crippen LogP contribution >= 0.6 is 11.3 Å². The van der Waals surface area contributed by atoms with Gasteiger partial charge in [0.2, 0.25) is 0 Å². The predicted molar refractivity (Wildman–Crippen MR) is 64.1 cm³/mol. The number of thiazole rings is 1. The molecule has 1 rings (SSSR count). The molecular weight excluding hydrogens is 242 g/mol. The number of hydrogen-bond acceptors (Lipinski definition) is 5. The third-order valence-electron chi connectivity index (χ3n) is 2.39. The molecule has 0 aliphatic heterocycles. The number of amides is 1. The van der Waals surface area contributed by atoms with Crippen LogP contribution in [0.5, 0.6) is 0 Å². The average Bonchev–Trinajstić information content (AvgIpc) is 2.75.